The van der Waals surface area contributed by atoms with Gasteiger partial charge in [-0.1, -0.05) is 61.8 Å². The fraction of sp³-hybridized carbons (Fsp3) is 1.00. The van der Waals surface area contributed by atoms with E-state index in [1.54, 1.807) is 0 Å². The zero-order valence-electron chi connectivity index (χ0n) is 15.2. The van der Waals surface area contributed by atoms with Gasteiger partial charge in [0, 0.05) is 0 Å². The van der Waals surface area contributed by atoms with Gasteiger partial charge >= 0.3 is 0 Å². The Hall–Kier alpha value is 0. The highest BCUT2D eigenvalue weighted by molar-refractivity contribution is 5.06. The molecule has 0 heteroatoms. The highest BCUT2D eigenvalue weighted by atomic mass is 14.6. The lowest BCUT2D eigenvalue weighted by Crippen LogP contribution is -2.18. The Morgan fingerprint density at radius 3 is 2.00 bits per heavy atom. The van der Waals surface area contributed by atoms with Gasteiger partial charge in [-0.2, -0.15) is 0 Å². The van der Waals surface area contributed by atoms with E-state index in [0.717, 1.165) is 47.3 Å². The molecular weight excluding hydrogens is 240 g/mol. The van der Waals surface area contributed by atoms with Crippen molar-refractivity contribution >= 4 is 0 Å². The van der Waals surface area contributed by atoms with Crippen LogP contribution >= 0.6 is 0 Å². The summed E-state index contributed by atoms with van der Waals surface area (Å²) in [4.78, 5) is 0. The minimum absolute atomic E-state index is 0.575. The van der Waals surface area contributed by atoms with E-state index in [1.165, 1.54) is 19.3 Å². The summed E-state index contributed by atoms with van der Waals surface area (Å²) in [6, 6.07) is 0. The maximum atomic E-state index is 2.55. The fourth-order valence-corrected chi connectivity index (χ4v) is 5.95. The van der Waals surface area contributed by atoms with Gasteiger partial charge in [-0.05, 0) is 65.6 Å². The van der Waals surface area contributed by atoms with Crippen LogP contribution in [0.1, 0.15) is 74.7 Å². The maximum absolute atomic E-state index is 2.55. The summed E-state index contributed by atoms with van der Waals surface area (Å²) in [5, 5.41) is 0. The lowest BCUT2D eigenvalue weighted by molar-refractivity contribution is 0.229. The Labute approximate surface area is 128 Å². The van der Waals surface area contributed by atoms with Crippen LogP contribution in [-0.4, -0.2) is 0 Å². The normalized spacial score (nSPS) is 41.9. The van der Waals surface area contributed by atoms with E-state index in [2.05, 4.69) is 55.4 Å². The molecule has 0 aromatic heterocycles. The lowest BCUT2D eigenvalue weighted by atomic mass is 9.79. The summed E-state index contributed by atoms with van der Waals surface area (Å²) in [6.45, 7) is 19.7. The smallest absolute Gasteiger partial charge is 0.0303 e. The average molecular weight is 279 g/mol. The van der Waals surface area contributed by atoms with Crippen molar-refractivity contribution in [3.05, 3.63) is 0 Å². The molecule has 7 unspecified atom stereocenters. The van der Waals surface area contributed by atoms with Gasteiger partial charge in [0.05, 0.1) is 0 Å². The Morgan fingerprint density at radius 1 is 0.950 bits per heavy atom. The molecule has 2 aliphatic rings. The number of hydrogen-bond acceptors (Lipinski definition) is 0. The SMILES string of the molecule is CCC1C(C)C1C(C)(C)CC1C(C)C1C(C)CC(C)C. The van der Waals surface area contributed by atoms with Crippen LogP contribution in [0, 0.1) is 52.8 Å². The van der Waals surface area contributed by atoms with Crippen molar-refractivity contribution in [2.45, 2.75) is 74.7 Å². The first-order valence-corrected chi connectivity index (χ1v) is 9.20. The van der Waals surface area contributed by atoms with Crippen LogP contribution in [0.15, 0.2) is 0 Å². The zero-order valence-corrected chi connectivity index (χ0v) is 15.2. The van der Waals surface area contributed by atoms with Crippen molar-refractivity contribution in [2.75, 3.05) is 0 Å². The summed E-state index contributed by atoms with van der Waals surface area (Å²) in [5.41, 5.74) is 0.575. The molecule has 118 valence electrons. The molecular formula is C20H38. The second-order valence-electron chi connectivity index (χ2n) is 9.36. The molecule has 2 saturated carbocycles. The molecule has 2 rings (SSSR count). The Kier molecular flexibility index (Phi) is 4.63. The van der Waals surface area contributed by atoms with Crippen LogP contribution in [0.3, 0.4) is 0 Å². The van der Waals surface area contributed by atoms with Crippen LogP contribution < -0.4 is 0 Å². The summed E-state index contributed by atoms with van der Waals surface area (Å²) in [6.07, 6.45) is 4.29. The molecule has 2 fully saturated rings. The van der Waals surface area contributed by atoms with Crippen LogP contribution in [0.25, 0.3) is 0 Å². The van der Waals surface area contributed by atoms with Gasteiger partial charge in [-0.25, -0.2) is 0 Å². The molecule has 0 nitrogen and oxygen atoms in total. The molecule has 0 amide bonds. The number of hydrogen-bond donors (Lipinski definition) is 0. The van der Waals surface area contributed by atoms with Gasteiger partial charge < -0.3 is 0 Å². The van der Waals surface area contributed by atoms with Crippen molar-refractivity contribution in [1.29, 1.82) is 0 Å². The zero-order chi connectivity index (χ0) is 15.2. The molecule has 2 aliphatic carbocycles. The van der Waals surface area contributed by atoms with Crippen LogP contribution in [0.2, 0.25) is 0 Å². The fourth-order valence-electron chi connectivity index (χ4n) is 5.95. The third-order valence-electron chi connectivity index (χ3n) is 6.83. The molecule has 0 aliphatic heterocycles. The Balaban J connectivity index is 1.88. The van der Waals surface area contributed by atoms with E-state index in [-0.39, 0.29) is 0 Å². The van der Waals surface area contributed by atoms with E-state index in [1.807, 2.05) is 0 Å². The van der Waals surface area contributed by atoms with Gasteiger partial charge in [0.1, 0.15) is 0 Å². The van der Waals surface area contributed by atoms with Gasteiger partial charge in [0.15, 0.2) is 0 Å². The monoisotopic (exact) mass is 278 g/mol. The van der Waals surface area contributed by atoms with Crippen molar-refractivity contribution in [1.82, 2.24) is 0 Å². The van der Waals surface area contributed by atoms with E-state index < -0.39 is 0 Å². The summed E-state index contributed by atoms with van der Waals surface area (Å²) in [7, 11) is 0. The van der Waals surface area contributed by atoms with E-state index >= 15 is 0 Å². The molecule has 0 bridgehead atoms. The third-order valence-corrected chi connectivity index (χ3v) is 6.83. The molecule has 20 heavy (non-hydrogen) atoms. The molecule has 0 heterocycles. The van der Waals surface area contributed by atoms with Crippen LogP contribution in [0.4, 0.5) is 0 Å². The average Bonchev–Trinajstić information content (AvgIpc) is 3.14. The molecule has 7 atom stereocenters. The van der Waals surface area contributed by atoms with Crippen LogP contribution in [0.5, 0.6) is 0 Å². The van der Waals surface area contributed by atoms with Crippen molar-refractivity contribution in [3.63, 3.8) is 0 Å². The summed E-state index contributed by atoms with van der Waals surface area (Å²) in [5.74, 6) is 7.82. The van der Waals surface area contributed by atoms with Crippen LogP contribution in [-0.2, 0) is 0 Å². The predicted octanol–water partition coefficient (Wildman–Crippen LogP) is 6.26. The van der Waals surface area contributed by atoms with Gasteiger partial charge in [0.25, 0.3) is 0 Å². The van der Waals surface area contributed by atoms with E-state index in [0.29, 0.717) is 5.41 Å². The first-order valence-electron chi connectivity index (χ1n) is 9.20. The molecule has 0 spiro atoms. The minimum Gasteiger partial charge on any atom is -0.0651 e. The third kappa shape index (κ3) is 3.09. The van der Waals surface area contributed by atoms with Crippen molar-refractivity contribution in [3.8, 4) is 0 Å². The molecule has 0 aromatic carbocycles. The first-order chi connectivity index (χ1) is 9.20. The standard InChI is InChI=1S/C20H38/c1-9-16-15(6)19(16)20(7,8)11-17-14(5)18(17)13(4)10-12(2)3/h12-19H,9-11H2,1-8H3. The van der Waals surface area contributed by atoms with Crippen molar-refractivity contribution in [2.24, 2.45) is 52.8 Å². The van der Waals surface area contributed by atoms with Gasteiger partial charge in [0.2, 0.25) is 0 Å². The molecule has 0 saturated heterocycles. The van der Waals surface area contributed by atoms with Crippen molar-refractivity contribution < 1.29 is 0 Å². The molecule has 0 radical (unpaired) electrons. The van der Waals surface area contributed by atoms with E-state index in [4.69, 9.17) is 0 Å². The lowest BCUT2D eigenvalue weighted by Gasteiger charge is -2.26. The van der Waals surface area contributed by atoms with Gasteiger partial charge in [-0.3, -0.25) is 0 Å². The van der Waals surface area contributed by atoms with Gasteiger partial charge in [-0.15, -0.1) is 0 Å². The predicted molar refractivity (Wildman–Crippen MR) is 89.6 cm³/mol. The van der Waals surface area contributed by atoms with E-state index in [9.17, 15) is 0 Å². The molecule has 0 N–H and O–H groups in total. The number of rotatable bonds is 7. The molecule has 0 aromatic rings. The highest BCUT2D eigenvalue weighted by Gasteiger charge is 2.57. The summed E-state index contributed by atoms with van der Waals surface area (Å²) >= 11 is 0. The topological polar surface area (TPSA) is 0 Å². The second kappa shape index (κ2) is 5.65. The largest absolute Gasteiger partial charge is 0.0651 e. The second-order valence-corrected chi connectivity index (χ2v) is 9.36. The Bertz CT molecular complexity index is 327. The quantitative estimate of drug-likeness (QED) is 0.515. The Morgan fingerprint density at radius 2 is 1.55 bits per heavy atom. The highest BCUT2D eigenvalue weighted by Crippen LogP contribution is 2.64. The first kappa shape index (κ1) is 16.4. The maximum Gasteiger partial charge on any atom is -0.0303 e. The minimum atomic E-state index is 0.575. The summed E-state index contributed by atoms with van der Waals surface area (Å²) < 4.78 is 0.